The van der Waals surface area contributed by atoms with Gasteiger partial charge in [0, 0.05) is 11.4 Å². The second kappa shape index (κ2) is 6.28. The maximum absolute atomic E-state index is 13.3. The lowest BCUT2D eigenvalue weighted by Crippen LogP contribution is -2.33. The van der Waals surface area contributed by atoms with Crippen LogP contribution in [0.3, 0.4) is 0 Å². The Balaban J connectivity index is 2.20. The number of rotatable bonds is 5. The topological polar surface area (TPSA) is 78.9 Å². The Bertz CT molecular complexity index is 649. The fourth-order valence-corrected chi connectivity index (χ4v) is 2.46. The van der Waals surface area contributed by atoms with Crippen LogP contribution >= 0.6 is 11.3 Å². The molecule has 1 amide bonds. The van der Waals surface area contributed by atoms with Crippen LogP contribution in [0.5, 0.6) is 0 Å². The van der Waals surface area contributed by atoms with E-state index in [9.17, 15) is 9.18 Å². The van der Waals surface area contributed by atoms with E-state index in [0.29, 0.717) is 12.1 Å². The van der Waals surface area contributed by atoms with E-state index in [0.717, 1.165) is 10.9 Å². The van der Waals surface area contributed by atoms with Crippen molar-refractivity contribution in [2.75, 3.05) is 0 Å². The van der Waals surface area contributed by atoms with Crippen molar-refractivity contribution in [2.45, 2.75) is 12.6 Å². The number of nitrogens with two attached hydrogens (primary N) is 1. The summed E-state index contributed by atoms with van der Waals surface area (Å²) in [5.74, 6) is -1.19. The van der Waals surface area contributed by atoms with Crippen molar-refractivity contribution < 1.29 is 9.18 Å². The normalized spacial score (nSPS) is 11.8. The van der Waals surface area contributed by atoms with Gasteiger partial charge >= 0.3 is 0 Å². The van der Waals surface area contributed by atoms with Crippen LogP contribution < -0.4 is 11.1 Å². The number of hydrogen-bond acceptors (Lipinski definition) is 4. The highest BCUT2D eigenvalue weighted by Crippen LogP contribution is 2.18. The number of hydrogen-bond donors (Lipinski definition) is 2. The molecule has 0 aliphatic heterocycles. The number of nitrogens with one attached hydrogen (secondary N) is 1. The summed E-state index contributed by atoms with van der Waals surface area (Å²) in [7, 11) is 0. The minimum absolute atomic E-state index is 0.105. The molecule has 4 nitrogen and oxygen atoms in total. The van der Waals surface area contributed by atoms with Gasteiger partial charge in [0.2, 0.25) is 5.91 Å². The number of carbonyl (C=O) groups excluding carboxylic acids is 1. The summed E-state index contributed by atoms with van der Waals surface area (Å²) < 4.78 is 13.3. The third-order valence-electron chi connectivity index (χ3n) is 2.79. The van der Waals surface area contributed by atoms with Gasteiger partial charge in [-0.05, 0) is 29.1 Å². The number of carbonyl (C=O) groups is 1. The molecular weight excluding hydrogens is 277 g/mol. The molecule has 2 rings (SSSR count). The Kier molecular flexibility index (Phi) is 4.45. The molecule has 0 aliphatic rings. The first kappa shape index (κ1) is 14.2. The lowest BCUT2D eigenvalue weighted by Gasteiger charge is -2.15. The summed E-state index contributed by atoms with van der Waals surface area (Å²) in [6, 6.07) is 8.78. The fourth-order valence-electron chi connectivity index (χ4n) is 1.81. The highest BCUT2D eigenvalue weighted by Gasteiger charge is 2.18. The molecule has 2 aromatic rings. The van der Waals surface area contributed by atoms with Crippen molar-refractivity contribution >= 4 is 17.2 Å². The van der Waals surface area contributed by atoms with E-state index >= 15 is 0 Å². The summed E-state index contributed by atoms with van der Waals surface area (Å²) in [4.78, 5) is 12.6. The van der Waals surface area contributed by atoms with Gasteiger partial charge in [0.15, 0.2) is 0 Å². The van der Waals surface area contributed by atoms with E-state index in [4.69, 9.17) is 11.0 Å². The summed E-state index contributed by atoms with van der Waals surface area (Å²) in [5.41, 5.74) is 5.74. The molecule has 0 aliphatic carbocycles. The summed E-state index contributed by atoms with van der Waals surface area (Å²) in [6.45, 7) is 0.477. The van der Waals surface area contributed by atoms with Crippen LogP contribution in [0.15, 0.2) is 35.7 Å². The van der Waals surface area contributed by atoms with Crippen molar-refractivity contribution in [3.8, 4) is 6.07 Å². The molecule has 1 heterocycles. The zero-order valence-electron chi connectivity index (χ0n) is 10.5. The monoisotopic (exact) mass is 289 g/mol. The number of benzene rings is 1. The highest BCUT2D eigenvalue weighted by atomic mass is 32.1. The van der Waals surface area contributed by atoms with Crippen molar-refractivity contribution in [3.63, 3.8) is 0 Å². The highest BCUT2D eigenvalue weighted by molar-refractivity contribution is 7.09. The minimum Gasteiger partial charge on any atom is -0.368 e. The van der Waals surface area contributed by atoms with Crippen LogP contribution in [0.25, 0.3) is 0 Å². The van der Waals surface area contributed by atoms with Crippen LogP contribution in [0.4, 0.5) is 4.39 Å². The maximum atomic E-state index is 13.3. The van der Waals surface area contributed by atoms with Gasteiger partial charge in [0.25, 0.3) is 0 Å². The molecule has 0 saturated carbocycles. The second-order valence-corrected chi connectivity index (χ2v) is 5.18. The number of nitrogens with zero attached hydrogens (tertiary/aromatic N) is 1. The summed E-state index contributed by atoms with van der Waals surface area (Å²) >= 11 is 1.55. The first-order valence-corrected chi connectivity index (χ1v) is 6.74. The zero-order valence-corrected chi connectivity index (χ0v) is 11.3. The quantitative estimate of drug-likeness (QED) is 0.884. The lowest BCUT2D eigenvalue weighted by molar-refractivity contribution is -0.120. The lowest BCUT2D eigenvalue weighted by atomic mass is 10.0. The molecule has 3 N–H and O–H groups in total. The molecule has 102 valence electrons. The standard InChI is InChI=1S/C14H12FN3OS/c15-12-4-3-9(6-10(12)7-16)13(14(17)19)18-8-11-2-1-5-20-11/h1-6,13,18H,8H2,(H2,17,19). The summed E-state index contributed by atoms with van der Waals surface area (Å²) in [6.07, 6.45) is 0. The van der Waals surface area contributed by atoms with E-state index < -0.39 is 17.8 Å². The molecule has 20 heavy (non-hydrogen) atoms. The maximum Gasteiger partial charge on any atom is 0.239 e. The van der Waals surface area contributed by atoms with Gasteiger partial charge in [-0.15, -0.1) is 11.3 Å². The van der Waals surface area contributed by atoms with E-state index in [1.54, 1.807) is 17.4 Å². The van der Waals surface area contributed by atoms with Crippen LogP contribution in [0, 0.1) is 17.1 Å². The number of thiophene rings is 1. The predicted octanol–water partition coefficient (Wildman–Crippen LogP) is 2.08. The molecule has 0 spiro atoms. The van der Waals surface area contributed by atoms with Crippen LogP contribution in [-0.4, -0.2) is 5.91 Å². The average Bonchev–Trinajstić information content (AvgIpc) is 2.93. The van der Waals surface area contributed by atoms with Crippen molar-refractivity contribution in [1.82, 2.24) is 5.32 Å². The van der Waals surface area contributed by atoms with E-state index in [1.165, 1.54) is 12.1 Å². The molecule has 0 radical (unpaired) electrons. The predicted molar refractivity (Wildman–Crippen MR) is 74.2 cm³/mol. The molecule has 0 saturated heterocycles. The van der Waals surface area contributed by atoms with Gasteiger partial charge in [-0.1, -0.05) is 12.1 Å². The van der Waals surface area contributed by atoms with Crippen molar-refractivity contribution in [2.24, 2.45) is 5.73 Å². The molecule has 6 heteroatoms. The Morgan fingerprint density at radius 2 is 2.30 bits per heavy atom. The van der Waals surface area contributed by atoms with E-state index in [2.05, 4.69) is 5.32 Å². The zero-order chi connectivity index (χ0) is 14.5. The van der Waals surface area contributed by atoms with E-state index in [-0.39, 0.29) is 5.56 Å². The number of amides is 1. The van der Waals surface area contributed by atoms with E-state index in [1.807, 2.05) is 17.5 Å². The van der Waals surface area contributed by atoms with Crippen LogP contribution in [0.1, 0.15) is 22.0 Å². The molecule has 1 aromatic carbocycles. The number of nitriles is 1. The Hall–Kier alpha value is -2.23. The summed E-state index contributed by atoms with van der Waals surface area (Å²) in [5, 5.41) is 13.8. The Morgan fingerprint density at radius 1 is 1.50 bits per heavy atom. The fraction of sp³-hybridized carbons (Fsp3) is 0.143. The van der Waals surface area contributed by atoms with Crippen molar-refractivity contribution in [1.29, 1.82) is 5.26 Å². The smallest absolute Gasteiger partial charge is 0.239 e. The number of halogens is 1. The van der Waals surface area contributed by atoms with Gasteiger partial charge in [0.05, 0.1) is 5.56 Å². The van der Waals surface area contributed by atoms with Gasteiger partial charge in [-0.25, -0.2) is 4.39 Å². The van der Waals surface area contributed by atoms with Gasteiger partial charge < -0.3 is 5.73 Å². The van der Waals surface area contributed by atoms with Crippen LogP contribution in [-0.2, 0) is 11.3 Å². The molecule has 1 unspecified atom stereocenters. The minimum atomic E-state index is -0.759. The van der Waals surface area contributed by atoms with Gasteiger partial charge in [0.1, 0.15) is 17.9 Å². The largest absolute Gasteiger partial charge is 0.368 e. The van der Waals surface area contributed by atoms with Gasteiger partial charge in [-0.2, -0.15) is 5.26 Å². The molecule has 1 aromatic heterocycles. The molecule has 0 fully saturated rings. The first-order valence-electron chi connectivity index (χ1n) is 5.86. The third kappa shape index (κ3) is 3.20. The molecule has 0 bridgehead atoms. The Labute approximate surface area is 119 Å². The Morgan fingerprint density at radius 3 is 2.90 bits per heavy atom. The van der Waals surface area contributed by atoms with Crippen molar-refractivity contribution in [3.05, 3.63) is 57.5 Å². The first-order chi connectivity index (χ1) is 9.61. The number of primary amides is 1. The molecular formula is C14H12FN3OS. The van der Waals surface area contributed by atoms with Gasteiger partial charge in [-0.3, -0.25) is 10.1 Å². The van der Waals surface area contributed by atoms with Crippen LogP contribution in [0.2, 0.25) is 0 Å². The SMILES string of the molecule is N#Cc1cc(C(NCc2cccs2)C(N)=O)ccc1F. The third-order valence-corrected chi connectivity index (χ3v) is 3.67. The molecule has 1 atom stereocenters. The average molecular weight is 289 g/mol. The second-order valence-electron chi connectivity index (χ2n) is 4.15.